The van der Waals surface area contributed by atoms with Crippen LogP contribution in [-0.2, 0) is 10.1 Å². The molecule has 0 aromatic heterocycles. The first-order valence-electron chi connectivity index (χ1n) is 7.05. The summed E-state index contributed by atoms with van der Waals surface area (Å²) >= 11 is 3.44. The van der Waals surface area contributed by atoms with E-state index in [9.17, 15) is 4.79 Å². The summed E-state index contributed by atoms with van der Waals surface area (Å²) < 4.78 is 5.52. The highest BCUT2D eigenvalue weighted by atomic mass is 79.9. The number of carbonyl (C=O) groups excluding carboxylic acids is 1. The fourth-order valence-corrected chi connectivity index (χ4v) is 2.44. The SMILES string of the molecule is CC(C)CC(=O)Oc1ccccc1-c1ccc(CBr)cc1. The molecule has 2 rings (SSSR count). The van der Waals surface area contributed by atoms with Crippen LogP contribution in [0.2, 0.25) is 0 Å². The van der Waals surface area contributed by atoms with E-state index in [0.29, 0.717) is 18.1 Å². The Hall–Kier alpha value is -1.61. The third-order valence-electron chi connectivity index (χ3n) is 3.11. The van der Waals surface area contributed by atoms with Gasteiger partial charge in [0, 0.05) is 17.3 Å². The zero-order valence-electron chi connectivity index (χ0n) is 12.3. The largest absolute Gasteiger partial charge is 0.426 e. The number of esters is 1. The van der Waals surface area contributed by atoms with Crippen molar-refractivity contribution in [1.82, 2.24) is 0 Å². The molecule has 0 unspecified atom stereocenters. The van der Waals surface area contributed by atoms with Crippen molar-refractivity contribution in [2.75, 3.05) is 0 Å². The number of carbonyl (C=O) groups is 1. The van der Waals surface area contributed by atoms with Gasteiger partial charge in [0.15, 0.2) is 0 Å². The molecule has 0 saturated carbocycles. The molecule has 2 nitrogen and oxygen atoms in total. The molecule has 2 aromatic carbocycles. The summed E-state index contributed by atoms with van der Waals surface area (Å²) in [6, 6.07) is 15.9. The second kappa shape index (κ2) is 7.41. The van der Waals surface area contributed by atoms with Gasteiger partial charge in [-0.05, 0) is 23.1 Å². The molecule has 0 saturated heterocycles. The molecule has 110 valence electrons. The van der Waals surface area contributed by atoms with E-state index in [-0.39, 0.29) is 5.97 Å². The Kier molecular flexibility index (Phi) is 5.57. The Bertz CT molecular complexity index is 603. The molecule has 0 aliphatic rings. The molecule has 21 heavy (non-hydrogen) atoms. The summed E-state index contributed by atoms with van der Waals surface area (Å²) in [6.07, 6.45) is 0.427. The Morgan fingerprint density at radius 2 is 1.76 bits per heavy atom. The fraction of sp³-hybridized carbons (Fsp3) is 0.278. The van der Waals surface area contributed by atoms with E-state index in [1.807, 2.05) is 50.2 Å². The molecule has 0 bridgehead atoms. The Balaban J connectivity index is 2.25. The van der Waals surface area contributed by atoms with E-state index >= 15 is 0 Å². The smallest absolute Gasteiger partial charge is 0.311 e. The molecule has 0 spiro atoms. The lowest BCUT2D eigenvalue weighted by Gasteiger charge is -2.11. The molecule has 0 amide bonds. The quantitative estimate of drug-likeness (QED) is 0.422. The third-order valence-corrected chi connectivity index (χ3v) is 3.75. The van der Waals surface area contributed by atoms with Crippen molar-refractivity contribution in [3.63, 3.8) is 0 Å². The van der Waals surface area contributed by atoms with Gasteiger partial charge in [-0.2, -0.15) is 0 Å². The number of halogens is 1. The molecule has 3 heteroatoms. The number of benzene rings is 2. The molecular weight excluding hydrogens is 328 g/mol. The molecular formula is C18H19BrO2. The molecule has 0 heterocycles. The van der Waals surface area contributed by atoms with Crippen molar-refractivity contribution in [3.05, 3.63) is 54.1 Å². The summed E-state index contributed by atoms with van der Waals surface area (Å²) in [5.41, 5.74) is 3.21. The van der Waals surface area contributed by atoms with Crippen LogP contribution in [0.3, 0.4) is 0 Å². The first kappa shape index (κ1) is 15.8. The van der Waals surface area contributed by atoms with Crippen LogP contribution in [0.25, 0.3) is 11.1 Å². The van der Waals surface area contributed by atoms with Gasteiger partial charge in [0.2, 0.25) is 0 Å². The second-order valence-electron chi connectivity index (χ2n) is 5.40. The summed E-state index contributed by atoms with van der Waals surface area (Å²) in [7, 11) is 0. The average Bonchev–Trinajstić information content (AvgIpc) is 2.47. The van der Waals surface area contributed by atoms with Crippen LogP contribution >= 0.6 is 15.9 Å². The maximum absolute atomic E-state index is 11.9. The third kappa shape index (κ3) is 4.43. The van der Waals surface area contributed by atoms with Crippen LogP contribution in [0.15, 0.2) is 48.5 Å². The molecule has 2 aromatic rings. The normalized spacial score (nSPS) is 10.7. The molecule has 0 fully saturated rings. The van der Waals surface area contributed by atoms with Crippen LogP contribution in [0.4, 0.5) is 0 Å². The van der Waals surface area contributed by atoms with Gasteiger partial charge in [0.25, 0.3) is 0 Å². The zero-order valence-corrected chi connectivity index (χ0v) is 13.9. The first-order valence-corrected chi connectivity index (χ1v) is 8.17. The Labute approximate surface area is 134 Å². The van der Waals surface area contributed by atoms with Gasteiger partial charge in [-0.1, -0.05) is 72.2 Å². The van der Waals surface area contributed by atoms with Gasteiger partial charge < -0.3 is 4.74 Å². The summed E-state index contributed by atoms with van der Waals surface area (Å²) in [5.74, 6) is 0.729. The van der Waals surface area contributed by atoms with Crippen molar-refractivity contribution in [2.45, 2.75) is 25.6 Å². The second-order valence-corrected chi connectivity index (χ2v) is 5.96. The Morgan fingerprint density at radius 1 is 1.10 bits per heavy atom. The summed E-state index contributed by atoms with van der Waals surface area (Å²) in [5, 5.41) is 0.832. The van der Waals surface area contributed by atoms with Gasteiger partial charge in [0.05, 0.1) is 0 Å². The first-order chi connectivity index (χ1) is 10.1. The van der Waals surface area contributed by atoms with E-state index in [1.54, 1.807) is 0 Å². The highest BCUT2D eigenvalue weighted by Crippen LogP contribution is 2.30. The molecule has 0 radical (unpaired) electrons. The van der Waals surface area contributed by atoms with Gasteiger partial charge in [-0.15, -0.1) is 0 Å². The lowest BCUT2D eigenvalue weighted by molar-refractivity contribution is -0.135. The van der Waals surface area contributed by atoms with E-state index in [1.165, 1.54) is 5.56 Å². The zero-order chi connectivity index (χ0) is 15.2. The fourth-order valence-electron chi connectivity index (χ4n) is 2.07. The number of para-hydroxylation sites is 1. The highest BCUT2D eigenvalue weighted by Gasteiger charge is 2.11. The number of hydrogen-bond acceptors (Lipinski definition) is 2. The standard InChI is InChI=1S/C18H19BrO2/c1-13(2)11-18(20)21-17-6-4-3-5-16(17)15-9-7-14(12-19)8-10-15/h3-10,13H,11-12H2,1-2H3. The predicted molar refractivity (Wildman–Crippen MR) is 89.6 cm³/mol. The topological polar surface area (TPSA) is 26.3 Å². The van der Waals surface area contributed by atoms with Gasteiger partial charge in [-0.25, -0.2) is 0 Å². The van der Waals surface area contributed by atoms with Gasteiger partial charge in [-0.3, -0.25) is 4.79 Å². The van der Waals surface area contributed by atoms with Crippen LogP contribution < -0.4 is 4.74 Å². The van der Waals surface area contributed by atoms with Crippen LogP contribution in [-0.4, -0.2) is 5.97 Å². The monoisotopic (exact) mass is 346 g/mol. The van der Waals surface area contributed by atoms with Crippen LogP contribution in [0, 0.1) is 5.92 Å². The highest BCUT2D eigenvalue weighted by molar-refractivity contribution is 9.08. The molecule has 0 aliphatic carbocycles. The lowest BCUT2D eigenvalue weighted by atomic mass is 10.0. The number of ether oxygens (including phenoxy) is 1. The summed E-state index contributed by atoms with van der Waals surface area (Å²) in [4.78, 5) is 11.9. The lowest BCUT2D eigenvalue weighted by Crippen LogP contribution is -2.11. The number of hydrogen-bond donors (Lipinski definition) is 0. The van der Waals surface area contributed by atoms with E-state index < -0.39 is 0 Å². The van der Waals surface area contributed by atoms with Gasteiger partial charge in [0.1, 0.15) is 5.75 Å². The van der Waals surface area contributed by atoms with Crippen molar-refractivity contribution in [1.29, 1.82) is 0 Å². The molecule has 0 N–H and O–H groups in total. The maximum atomic E-state index is 11.9. The van der Waals surface area contributed by atoms with Crippen LogP contribution in [0.1, 0.15) is 25.8 Å². The van der Waals surface area contributed by atoms with Crippen molar-refractivity contribution >= 4 is 21.9 Å². The van der Waals surface area contributed by atoms with Crippen LogP contribution in [0.5, 0.6) is 5.75 Å². The maximum Gasteiger partial charge on any atom is 0.311 e. The predicted octanol–water partition coefficient (Wildman–Crippen LogP) is 5.20. The van der Waals surface area contributed by atoms with Gasteiger partial charge >= 0.3 is 5.97 Å². The minimum absolute atomic E-state index is 0.186. The average molecular weight is 347 g/mol. The van der Waals surface area contributed by atoms with Crippen molar-refractivity contribution in [3.8, 4) is 16.9 Å². The van der Waals surface area contributed by atoms with E-state index in [2.05, 4.69) is 28.1 Å². The molecule has 0 aliphatic heterocycles. The minimum atomic E-state index is -0.186. The van der Waals surface area contributed by atoms with E-state index in [0.717, 1.165) is 16.5 Å². The Morgan fingerprint density at radius 3 is 2.38 bits per heavy atom. The van der Waals surface area contributed by atoms with Crippen molar-refractivity contribution in [2.24, 2.45) is 5.92 Å². The van der Waals surface area contributed by atoms with E-state index in [4.69, 9.17) is 4.74 Å². The number of alkyl halides is 1. The van der Waals surface area contributed by atoms with Crippen molar-refractivity contribution < 1.29 is 9.53 Å². The molecule has 0 atom stereocenters. The summed E-state index contributed by atoms with van der Waals surface area (Å²) in [6.45, 7) is 4.01. The number of rotatable bonds is 5. The minimum Gasteiger partial charge on any atom is -0.426 e.